The van der Waals surface area contributed by atoms with Crippen molar-refractivity contribution in [2.45, 2.75) is 33.4 Å². The van der Waals surface area contributed by atoms with E-state index in [-0.39, 0.29) is 56.6 Å². The highest BCUT2D eigenvalue weighted by Gasteiger charge is 2.33. The Morgan fingerprint density at radius 1 is 1.22 bits per heavy atom. The summed E-state index contributed by atoms with van der Waals surface area (Å²) in [4.78, 5) is 43.4. The number of urea groups is 1. The van der Waals surface area contributed by atoms with Gasteiger partial charge in [0.2, 0.25) is 5.91 Å². The molecule has 0 saturated carbocycles. The summed E-state index contributed by atoms with van der Waals surface area (Å²) in [6.45, 7) is 5.28. The third-order valence-electron chi connectivity index (χ3n) is 5.58. The number of ether oxygens (including phenoxy) is 1. The second-order valence-corrected chi connectivity index (χ2v) is 8.26. The zero-order valence-electron chi connectivity index (χ0n) is 21.0. The minimum Gasteiger partial charge on any atom is -0.442 e. The van der Waals surface area contributed by atoms with Crippen LogP contribution in [0.1, 0.15) is 25.3 Å². The molecule has 3 rings (SSSR count). The molecule has 0 bridgehead atoms. The molecule has 2 N–H and O–H groups in total. The van der Waals surface area contributed by atoms with Crippen molar-refractivity contribution in [1.82, 2.24) is 20.9 Å². The number of rotatable bonds is 11. The van der Waals surface area contributed by atoms with Crippen LogP contribution >= 0.6 is 0 Å². The molecular weight excluding hydrogens is 494 g/mol. The Hall–Kier alpha value is -3.94. The van der Waals surface area contributed by atoms with E-state index < -0.39 is 29.9 Å². The second-order valence-electron chi connectivity index (χ2n) is 8.26. The van der Waals surface area contributed by atoms with Crippen molar-refractivity contribution in [1.29, 1.82) is 0 Å². The Bertz CT molecular complexity index is 1110. The van der Waals surface area contributed by atoms with E-state index in [1.165, 1.54) is 18.9 Å². The van der Waals surface area contributed by atoms with Crippen molar-refractivity contribution in [3.05, 3.63) is 41.3 Å². The average molecular weight is 525 g/mol. The Kier molecular flexibility index (Phi) is 9.22. The number of carbonyl (C=O) groups is 3. The van der Waals surface area contributed by atoms with E-state index in [9.17, 15) is 14.4 Å². The highest BCUT2D eigenvalue weighted by atomic mass is 19.1. The topological polar surface area (TPSA) is 129 Å². The lowest BCUT2D eigenvalue weighted by Crippen LogP contribution is -2.43. The summed E-state index contributed by atoms with van der Waals surface area (Å²) in [5.41, 5.74) is 0.221. The van der Waals surface area contributed by atoms with Crippen LogP contribution in [0.5, 0.6) is 0 Å². The number of halogens is 2. The van der Waals surface area contributed by atoms with Crippen molar-refractivity contribution in [3.8, 4) is 0 Å². The standard InChI is InChI=1S/C23H30F2N6O6/c1-5-29(6-7-31(35-4)22(33)27-11-16-8-14(2)37-28-16)21-19(24)9-17(10-20(21)25)30-13-18(36-23(30)34)12-26-15(3)32/h8-10,18H,5-7,11-13H2,1-4H3,(H,26,32)(H,27,33)/t18-/m0/s1. The van der Waals surface area contributed by atoms with E-state index in [4.69, 9.17) is 14.1 Å². The number of likely N-dealkylation sites (N-methyl/N-ethyl adjacent to an activating group) is 1. The first-order chi connectivity index (χ1) is 17.6. The highest BCUT2D eigenvalue weighted by Crippen LogP contribution is 2.31. The van der Waals surface area contributed by atoms with Gasteiger partial charge in [-0.3, -0.25) is 14.5 Å². The molecule has 12 nitrogen and oxygen atoms in total. The van der Waals surface area contributed by atoms with Crippen molar-refractivity contribution in [3.63, 3.8) is 0 Å². The fourth-order valence-corrected chi connectivity index (χ4v) is 3.78. The number of aromatic nitrogens is 1. The smallest absolute Gasteiger partial charge is 0.414 e. The van der Waals surface area contributed by atoms with Crippen LogP contribution < -0.4 is 20.4 Å². The predicted molar refractivity (Wildman–Crippen MR) is 128 cm³/mol. The van der Waals surface area contributed by atoms with Gasteiger partial charge in [-0.1, -0.05) is 5.16 Å². The van der Waals surface area contributed by atoms with Gasteiger partial charge in [0.25, 0.3) is 0 Å². The highest BCUT2D eigenvalue weighted by molar-refractivity contribution is 5.90. The lowest BCUT2D eigenvalue weighted by Gasteiger charge is -2.28. The fraction of sp³-hybridized carbons (Fsp3) is 0.478. The van der Waals surface area contributed by atoms with Gasteiger partial charge >= 0.3 is 12.1 Å². The third kappa shape index (κ3) is 7.06. The van der Waals surface area contributed by atoms with Crippen LogP contribution in [0.4, 0.5) is 29.7 Å². The van der Waals surface area contributed by atoms with Crippen LogP contribution in [-0.4, -0.2) is 74.2 Å². The maximum atomic E-state index is 15.1. The number of hydrogen-bond acceptors (Lipinski definition) is 8. The molecule has 0 aliphatic carbocycles. The number of amides is 4. The first kappa shape index (κ1) is 27.6. The molecule has 2 aromatic rings. The van der Waals surface area contributed by atoms with Crippen LogP contribution in [0.25, 0.3) is 0 Å². The summed E-state index contributed by atoms with van der Waals surface area (Å²) in [6.07, 6.45) is -1.41. The Balaban J connectivity index is 1.64. The van der Waals surface area contributed by atoms with Crippen molar-refractivity contribution >= 4 is 29.4 Å². The molecule has 2 heterocycles. The molecule has 4 amide bonds. The SMILES string of the molecule is CCN(CCN(OC)C(=O)NCc1cc(C)on1)c1c(F)cc(N2C[C@H](CNC(C)=O)OC2=O)cc1F. The zero-order valence-corrected chi connectivity index (χ0v) is 21.0. The van der Waals surface area contributed by atoms with Crippen molar-refractivity contribution in [2.24, 2.45) is 0 Å². The number of benzene rings is 1. The van der Waals surface area contributed by atoms with Crippen molar-refractivity contribution < 1.29 is 37.3 Å². The predicted octanol–water partition coefficient (Wildman–Crippen LogP) is 2.32. The number of nitrogens with one attached hydrogen (secondary N) is 2. The molecule has 14 heteroatoms. The normalized spacial score (nSPS) is 14.9. The summed E-state index contributed by atoms with van der Waals surface area (Å²) in [5.74, 6) is -1.45. The minimum atomic E-state index is -0.884. The number of nitrogens with zero attached hydrogens (tertiary/aromatic N) is 4. The van der Waals surface area contributed by atoms with Gasteiger partial charge in [-0.2, -0.15) is 0 Å². The monoisotopic (exact) mass is 524 g/mol. The van der Waals surface area contributed by atoms with E-state index in [0.29, 0.717) is 11.5 Å². The maximum absolute atomic E-state index is 15.1. The average Bonchev–Trinajstić information content (AvgIpc) is 3.44. The van der Waals surface area contributed by atoms with Gasteiger partial charge in [-0.05, 0) is 13.8 Å². The van der Waals surface area contributed by atoms with Crippen LogP contribution in [0.3, 0.4) is 0 Å². The molecule has 1 aromatic heterocycles. The van der Waals surface area contributed by atoms with E-state index in [0.717, 1.165) is 22.1 Å². The Labute approximate surface area is 212 Å². The summed E-state index contributed by atoms with van der Waals surface area (Å²) >= 11 is 0. The van der Waals surface area contributed by atoms with Crippen LogP contribution in [-0.2, 0) is 20.9 Å². The summed E-state index contributed by atoms with van der Waals surface area (Å²) in [7, 11) is 1.31. The Morgan fingerprint density at radius 2 is 1.92 bits per heavy atom. The molecule has 37 heavy (non-hydrogen) atoms. The van der Waals surface area contributed by atoms with Gasteiger partial charge in [-0.15, -0.1) is 0 Å². The summed E-state index contributed by atoms with van der Waals surface area (Å²) < 4.78 is 40.3. The van der Waals surface area contributed by atoms with E-state index in [2.05, 4.69) is 15.8 Å². The van der Waals surface area contributed by atoms with E-state index in [1.807, 2.05) is 0 Å². The molecule has 1 aromatic carbocycles. The fourth-order valence-electron chi connectivity index (χ4n) is 3.78. The minimum absolute atomic E-state index is 0.00206. The molecule has 0 spiro atoms. The number of hydrogen-bond donors (Lipinski definition) is 2. The zero-order chi connectivity index (χ0) is 27.1. The van der Waals surface area contributed by atoms with Crippen LogP contribution in [0, 0.1) is 18.6 Å². The molecule has 1 fully saturated rings. The van der Waals surface area contributed by atoms with Gasteiger partial charge < -0.3 is 24.8 Å². The largest absolute Gasteiger partial charge is 0.442 e. The van der Waals surface area contributed by atoms with Gasteiger partial charge in [0.15, 0.2) is 11.6 Å². The number of hydroxylamine groups is 2. The molecule has 1 saturated heterocycles. The van der Waals surface area contributed by atoms with Crippen molar-refractivity contribution in [2.75, 3.05) is 49.6 Å². The third-order valence-corrected chi connectivity index (χ3v) is 5.58. The Morgan fingerprint density at radius 3 is 2.49 bits per heavy atom. The first-order valence-corrected chi connectivity index (χ1v) is 11.6. The lowest BCUT2D eigenvalue weighted by molar-refractivity contribution is -0.119. The van der Waals surface area contributed by atoms with E-state index >= 15 is 8.78 Å². The number of aryl methyl sites for hydroxylation is 1. The molecular formula is C23H30F2N6O6. The molecule has 0 radical (unpaired) electrons. The molecule has 202 valence electrons. The van der Waals surface area contributed by atoms with Gasteiger partial charge in [-0.25, -0.2) is 23.4 Å². The number of cyclic esters (lactones) is 1. The number of carbonyl (C=O) groups excluding carboxylic acids is 3. The lowest BCUT2D eigenvalue weighted by atomic mass is 10.2. The van der Waals surface area contributed by atoms with Crippen LogP contribution in [0.15, 0.2) is 22.7 Å². The second kappa shape index (κ2) is 12.3. The molecule has 0 unspecified atom stereocenters. The van der Waals surface area contributed by atoms with E-state index in [1.54, 1.807) is 19.9 Å². The number of anilines is 2. The molecule has 1 aliphatic heterocycles. The molecule has 1 aliphatic rings. The maximum Gasteiger partial charge on any atom is 0.414 e. The van der Waals surface area contributed by atoms with Crippen LogP contribution in [0.2, 0.25) is 0 Å². The first-order valence-electron chi connectivity index (χ1n) is 11.6. The van der Waals surface area contributed by atoms with Gasteiger partial charge in [0.1, 0.15) is 23.2 Å². The summed E-state index contributed by atoms with van der Waals surface area (Å²) in [5, 5.41) is 9.98. The quantitative estimate of drug-likeness (QED) is 0.429. The molecule has 1 atom stereocenters. The summed E-state index contributed by atoms with van der Waals surface area (Å²) in [6, 6.07) is 3.21. The van der Waals surface area contributed by atoms with Gasteiger partial charge in [0, 0.05) is 38.2 Å². The van der Waals surface area contributed by atoms with Gasteiger partial charge in [0.05, 0.1) is 39.0 Å².